The Morgan fingerprint density at radius 2 is 1.85 bits per heavy atom. The maximum absolute atomic E-state index is 13.0. The highest BCUT2D eigenvalue weighted by molar-refractivity contribution is 9.11. The fraction of sp³-hybridized carbons (Fsp3) is 0.294. The highest BCUT2D eigenvalue weighted by Crippen LogP contribution is 2.33. The van der Waals surface area contributed by atoms with E-state index in [-0.39, 0.29) is 11.7 Å². The van der Waals surface area contributed by atoms with Gasteiger partial charge in [-0.3, -0.25) is 0 Å². The predicted octanol–water partition coefficient (Wildman–Crippen LogP) is 4.27. The van der Waals surface area contributed by atoms with Crippen molar-refractivity contribution >= 4 is 37.3 Å². The van der Waals surface area contributed by atoms with Crippen LogP contribution in [0.25, 0.3) is 11.5 Å². The van der Waals surface area contributed by atoms with Gasteiger partial charge in [0.25, 0.3) is 15.9 Å². The summed E-state index contributed by atoms with van der Waals surface area (Å²) in [4.78, 5) is 4.41. The molecule has 0 N–H and O–H groups in total. The van der Waals surface area contributed by atoms with Crippen molar-refractivity contribution in [2.75, 3.05) is 13.1 Å². The molecule has 0 radical (unpaired) electrons. The maximum atomic E-state index is 13.0. The van der Waals surface area contributed by atoms with Gasteiger partial charge < -0.3 is 4.52 Å². The van der Waals surface area contributed by atoms with Crippen LogP contribution in [0.1, 0.15) is 24.6 Å². The van der Waals surface area contributed by atoms with E-state index in [0.29, 0.717) is 47.4 Å². The van der Waals surface area contributed by atoms with E-state index >= 15 is 0 Å². The van der Waals surface area contributed by atoms with Crippen molar-refractivity contribution in [3.63, 3.8) is 0 Å². The molecule has 1 aromatic carbocycles. The molecule has 0 spiro atoms. The number of hydrogen-bond donors (Lipinski definition) is 0. The number of benzene rings is 1. The van der Waals surface area contributed by atoms with E-state index in [1.165, 1.54) is 27.8 Å². The smallest absolute Gasteiger partial charge is 0.257 e. The average molecular weight is 472 g/mol. The lowest BCUT2D eigenvalue weighted by Gasteiger charge is -2.29. The van der Waals surface area contributed by atoms with Crippen molar-refractivity contribution in [2.24, 2.45) is 0 Å². The minimum absolute atomic E-state index is 0.0319. The van der Waals surface area contributed by atoms with Gasteiger partial charge in [0.2, 0.25) is 0 Å². The summed E-state index contributed by atoms with van der Waals surface area (Å²) < 4.78 is 46.3. The van der Waals surface area contributed by atoms with E-state index in [9.17, 15) is 12.8 Å². The fourth-order valence-corrected chi connectivity index (χ4v) is 6.66. The van der Waals surface area contributed by atoms with Gasteiger partial charge in [-0.2, -0.15) is 9.29 Å². The monoisotopic (exact) mass is 471 g/mol. The highest BCUT2D eigenvalue weighted by atomic mass is 79.9. The topological polar surface area (TPSA) is 76.3 Å². The van der Waals surface area contributed by atoms with Crippen LogP contribution in [0, 0.1) is 5.82 Å². The van der Waals surface area contributed by atoms with Gasteiger partial charge in [-0.05, 0) is 65.2 Å². The van der Waals surface area contributed by atoms with Gasteiger partial charge in [0.15, 0.2) is 5.82 Å². The zero-order valence-corrected chi connectivity index (χ0v) is 17.2. The summed E-state index contributed by atoms with van der Waals surface area (Å²) in [5, 5.41) is 4.04. The Labute approximate surface area is 168 Å². The van der Waals surface area contributed by atoms with Crippen molar-refractivity contribution in [1.29, 1.82) is 0 Å². The van der Waals surface area contributed by atoms with Crippen LogP contribution in [-0.4, -0.2) is 36.0 Å². The predicted molar refractivity (Wildman–Crippen MR) is 102 cm³/mol. The Balaban J connectivity index is 1.44. The minimum atomic E-state index is -3.47. The fourth-order valence-electron chi connectivity index (χ4n) is 3.03. The molecular weight excluding hydrogens is 457 g/mol. The summed E-state index contributed by atoms with van der Waals surface area (Å²) in [6.07, 6.45) is 1.24. The van der Waals surface area contributed by atoms with E-state index in [0.717, 1.165) is 3.79 Å². The Kier molecular flexibility index (Phi) is 5.15. The molecule has 0 bridgehead atoms. The number of sulfonamides is 1. The first-order valence-corrected chi connectivity index (χ1v) is 11.3. The van der Waals surface area contributed by atoms with E-state index in [2.05, 4.69) is 26.1 Å². The SMILES string of the molecule is O=S(=O)(c1ccc(Br)s1)N1CCC(c2noc(-c3ccc(F)cc3)n2)CC1. The summed E-state index contributed by atoms with van der Waals surface area (Å²) in [5.74, 6) is 0.600. The normalized spacial score (nSPS) is 16.7. The number of piperidine rings is 1. The molecular formula is C17H15BrFN3O3S2. The molecule has 0 unspecified atom stereocenters. The third-order valence-electron chi connectivity index (χ3n) is 4.49. The standard InChI is InChI=1S/C17H15BrFN3O3S2/c18-14-5-6-15(26-14)27(23,24)22-9-7-11(8-10-22)16-20-17(25-21-16)12-1-3-13(19)4-2-12/h1-6,11H,7-10H2. The quantitative estimate of drug-likeness (QED) is 0.567. The molecule has 1 saturated heterocycles. The zero-order valence-electron chi connectivity index (χ0n) is 14.0. The van der Waals surface area contributed by atoms with Gasteiger partial charge >= 0.3 is 0 Å². The lowest BCUT2D eigenvalue weighted by molar-refractivity contribution is 0.307. The molecule has 0 saturated carbocycles. The molecule has 3 heterocycles. The highest BCUT2D eigenvalue weighted by Gasteiger charge is 2.32. The first-order valence-electron chi connectivity index (χ1n) is 8.28. The van der Waals surface area contributed by atoms with Crippen LogP contribution in [0.4, 0.5) is 4.39 Å². The minimum Gasteiger partial charge on any atom is -0.334 e. The van der Waals surface area contributed by atoms with Crippen LogP contribution in [-0.2, 0) is 10.0 Å². The molecule has 1 aliphatic rings. The Morgan fingerprint density at radius 1 is 1.15 bits per heavy atom. The van der Waals surface area contributed by atoms with Crippen molar-refractivity contribution in [2.45, 2.75) is 23.0 Å². The van der Waals surface area contributed by atoms with Crippen LogP contribution >= 0.6 is 27.3 Å². The molecule has 0 aliphatic carbocycles. The second kappa shape index (κ2) is 7.42. The molecule has 4 rings (SSSR count). The molecule has 27 heavy (non-hydrogen) atoms. The van der Waals surface area contributed by atoms with Crippen molar-refractivity contribution in [1.82, 2.24) is 14.4 Å². The largest absolute Gasteiger partial charge is 0.334 e. The number of thiophene rings is 1. The summed E-state index contributed by atoms with van der Waals surface area (Å²) >= 11 is 4.51. The summed E-state index contributed by atoms with van der Waals surface area (Å²) in [7, 11) is -3.47. The lowest BCUT2D eigenvalue weighted by atomic mass is 9.97. The molecule has 1 fully saturated rings. The van der Waals surface area contributed by atoms with Crippen molar-refractivity contribution < 1.29 is 17.3 Å². The van der Waals surface area contributed by atoms with Crippen LogP contribution in [0.3, 0.4) is 0 Å². The number of hydrogen-bond acceptors (Lipinski definition) is 6. The third-order valence-corrected chi connectivity index (χ3v) is 8.48. The Hall–Kier alpha value is -1.62. The molecule has 3 aromatic rings. The van der Waals surface area contributed by atoms with E-state index < -0.39 is 10.0 Å². The average Bonchev–Trinajstić information content (AvgIpc) is 3.32. The van der Waals surface area contributed by atoms with Crippen LogP contribution in [0.5, 0.6) is 0 Å². The van der Waals surface area contributed by atoms with Gasteiger partial charge in [-0.15, -0.1) is 11.3 Å². The summed E-state index contributed by atoms with van der Waals surface area (Å²) in [6, 6.07) is 9.20. The molecule has 2 aromatic heterocycles. The van der Waals surface area contributed by atoms with Crippen LogP contribution in [0.15, 0.2) is 48.9 Å². The lowest BCUT2D eigenvalue weighted by Crippen LogP contribution is -2.37. The van der Waals surface area contributed by atoms with Gasteiger partial charge in [-0.25, -0.2) is 12.8 Å². The molecule has 142 valence electrons. The van der Waals surface area contributed by atoms with Crippen molar-refractivity contribution in [3.8, 4) is 11.5 Å². The third kappa shape index (κ3) is 3.84. The first kappa shape index (κ1) is 18.7. The number of rotatable bonds is 4. The molecule has 0 amide bonds. The number of halogens is 2. The van der Waals surface area contributed by atoms with E-state index in [1.54, 1.807) is 24.3 Å². The zero-order chi connectivity index (χ0) is 19.0. The van der Waals surface area contributed by atoms with E-state index in [1.807, 2.05) is 0 Å². The number of aromatic nitrogens is 2. The molecule has 10 heteroatoms. The van der Waals surface area contributed by atoms with Crippen LogP contribution in [0.2, 0.25) is 0 Å². The second-order valence-corrected chi connectivity index (χ2v) is 10.8. The summed E-state index contributed by atoms with van der Waals surface area (Å²) in [6.45, 7) is 0.811. The second-order valence-electron chi connectivity index (χ2n) is 6.20. The van der Waals surface area contributed by atoms with Gasteiger partial charge in [0, 0.05) is 24.6 Å². The van der Waals surface area contributed by atoms with Gasteiger partial charge in [-0.1, -0.05) is 5.16 Å². The first-order chi connectivity index (χ1) is 12.9. The maximum Gasteiger partial charge on any atom is 0.257 e. The number of nitrogens with zero attached hydrogens (tertiary/aromatic N) is 3. The Morgan fingerprint density at radius 3 is 2.48 bits per heavy atom. The van der Waals surface area contributed by atoms with Crippen molar-refractivity contribution in [3.05, 3.63) is 51.8 Å². The molecule has 6 nitrogen and oxygen atoms in total. The molecule has 0 atom stereocenters. The van der Waals surface area contributed by atoms with Gasteiger partial charge in [0.1, 0.15) is 10.0 Å². The molecule has 1 aliphatic heterocycles. The van der Waals surface area contributed by atoms with Gasteiger partial charge in [0.05, 0.1) is 3.79 Å². The summed E-state index contributed by atoms with van der Waals surface area (Å²) in [5.41, 5.74) is 0.651. The van der Waals surface area contributed by atoms with E-state index in [4.69, 9.17) is 4.52 Å². The Bertz CT molecular complexity index is 1040. The van der Waals surface area contributed by atoms with Crippen LogP contribution < -0.4 is 0 Å².